The molecule has 0 saturated heterocycles. The van der Waals surface area contributed by atoms with Gasteiger partial charge in [0.15, 0.2) is 15.6 Å². The van der Waals surface area contributed by atoms with Gasteiger partial charge in [-0.25, -0.2) is 8.42 Å². The van der Waals surface area contributed by atoms with Gasteiger partial charge in [0.1, 0.15) is 22.9 Å². The Bertz CT molecular complexity index is 1110. The van der Waals surface area contributed by atoms with Crippen molar-refractivity contribution in [3.63, 3.8) is 0 Å². The fourth-order valence-electron chi connectivity index (χ4n) is 5.97. The number of ether oxygens (including phenoxy) is 1. The van der Waals surface area contributed by atoms with Crippen molar-refractivity contribution in [3.8, 4) is 11.5 Å². The lowest BCUT2D eigenvalue weighted by molar-refractivity contribution is -0.113. The Kier molecular flexibility index (Phi) is 7.18. The minimum absolute atomic E-state index is 0.0805. The van der Waals surface area contributed by atoms with Gasteiger partial charge in [-0.3, -0.25) is 4.79 Å². The maximum Gasteiger partial charge on any atom is 0.173 e. The molecule has 35 heavy (non-hydrogen) atoms. The summed E-state index contributed by atoms with van der Waals surface area (Å²) in [5.74, 6) is 0.264. The van der Waals surface area contributed by atoms with E-state index >= 15 is 0 Å². The zero-order valence-corrected chi connectivity index (χ0v) is 22.8. The first-order valence-electron chi connectivity index (χ1n) is 13.4. The average molecular weight is 503 g/mol. The number of sulfone groups is 1. The third kappa shape index (κ3) is 5.47. The molecule has 0 unspecified atom stereocenters. The highest BCUT2D eigenvalue weighted by Crippen LogP contribution is 2.55. The predicted octanol–water partition coefficient (Wildman–Crippen LogP) is 6.38. The van der Waals surface area contributed by atoms with E-state index in [1.54, 1.807) is 0 Å². The summed E-state index contributed by atoms with van der Waals surface area (Å²) in [5.41, 5.74) is 1.87. The topological polar surface area (TPSA) is 80.7 Å². The van der Waals surface area contributed by atoms with Gasteiger partial charge in [0.2, 0.25) is 0 Å². The maximum atomic E-state index is 13.0. The number of carbonyl (C=O) groups is 1. The molecule has 6 heteroatoms. The van der Waals surface area contributed by atoms with E-state index in [9.17, 15) is 18.3 Å². The van der Waals surface area contributed by atoms with E-state index in [0.29, 0.717) is 37.0 Å². The number of phenolic OH excluding ortho intramolecular Hbond substituents is 1. The number of ketones is 1. The van der Waals surface area contributed by atoms with Crippen LogP contribution in [0.25, 0.3) is 0 Å². The van der Waals surface area contributed by atoms with Crippen molar-refractivity contribution in [1.82, 2.24) is 0 Å². The first kappa shape index (κ1) is 26.2. The lowest BCUT2D eigenvalue weighted by Gasteiger charge is -2.47. The number of fused-ring (bicyclic) bond motifs is 3. The first-order valence-corrected chi connectivity index (χ1v) is 15.1. The Labute approximate surface area is 211 Å². The van der Waals surface area contributed by atoms with Gasteiger partial charge in [0.25, 0.3) is 0 Å². The highest BCUT2D eigenvalue weighted by atomic mass is 32.2. The van der Waals surface area contributed by atoms with Crippen LogP contribution in [0.1, 0.15) is 109 Å². The summed E-state index contributed by atoms with van der Waals surface area (Å²) in [5, 5.41) is 10.9. The van der Waals surface area contributed by atoms with Gasteiger partial charge < -0.3 is 9.84 Å². The van der Waals surface area contributed by atoms with Gasteiger partial charge in [0.05, 0.1) is 5.25 Å². The summed E-state index contributed by atoms with van der Waals surface area (Å²) in [4.78, 5) is 13.0. The normalized spacial score (nSPS) is 23.6. The number of Topliss-reactive ketones (excluding diaryl/α,β-unsaturated/α-hetero) is 1. The maximum absolute atomic E-state index is 13.0. The molecular weight excluding hydrogens is 460 g/mol. The lowest BCUT2D eigenvalue weighted by atomic mass is 9.66. The van der Waals surface area contributed by atoms with E-state index in [2.05, 4.69) is 40.7 Å². The molecule has 3 aliphatic rings. The van der Waals surface area contributed by atoms with Crippen LogP contribution in [0.2, 0.25) is 0 Å². The van der Waals surface area contributed by atoms with Crippen molar-refractivity contribution in [2.24, 2.45) is 5.92 Å². The molecule has 1 N–H and O–H groups in total. The molecule has 4 rings (SSSR count). The molecule has 1 aromatic carbocycles. The molecule has 0 aromatic heterocycles. The van der Waals surface area contributed by atoms with Crippen molar-refractivity contribution >= 4 is 15.6 Å². The molecule has 1 fully saturated rings. The summed E-state index contributed by atoms with van der Waals surface area (Å²) in [6, 6.07) is 3.97. The Hall–Kier alpha value is -1.82. The summed E-state index contributed by atoms with van der Waals surface area (Å²) in [7, 11) is -3.35. The third-order valence-corrected chi connectivity index (χ3v) is 10.6. The molecule has 5 nitrogen and oxygen atoms in total. The summed E-state index contributed by atoms with van der Waals surface area (Å²) < 4.78 is 31.3. The van der Waals surface area contributed by atoms with Crippen LogP contribution in [0.15, 0.2) is 23.8 Å². The van der Waals surface area contributed by atoms with E-state index in [1.165, 1.54) is 19.3 Å². The molecule has 2 atom stereocenters. The van der Waals surface area contributed by atoms with Crippen molar-refractivity contribution in [3.05, 3.63) is 34.9 Å². The highest BCUT2D eigenvalue weighted by molar-refractivity contribution is 7.93. The first-order chi connectivity index (χ1) is 16.4. The van der Waals surface area contributed by atoms with E-state index in [-0.39, 0.29) is 34.0 Å². The highest BCUT2D eigenvalue weighted by Gasteiger charge is 2.47. The van der Waals surface area contributed by atoms with E-state index < -0.39 is 21.2 Å². The van der Waals surface area contributed by atoms with Crippen LogP contribution < -0.4 is 4.74 Å². The second-order valence-corrected chi connectivity index (χ2v) is 14.4. The Morgan fingerprint density at radius 1 is 1.17 bits per heavy atom. The standard InChI is InChI=1S/C29H42O5S/c1-6-7-8-9-14-28(2,3)20-16-24(30)27-22-15-19(25(31)18-35(32,33)21-11-12-21)10-13-23(22)29(4,5)34-26(27)17-20/h10,16-17,21-23,30H,6-9,11-15,18H2,1-5H3/t22-,23-/m1/s1. The minimum atomic E-state index is -3.35. The van der Waals surface area contributed by atoms with Crippen molar-refractivity contribution in [1.29, 1.82) is 0 Å². The van der Waals surface area contributed by atoms with Gasteiger partial charge in [-0.2, -0.15) is 0 Å². The van der Waals surface area contributed by atoms with E-state index in [0.717, 1.165) is 24.0 Å². The SMILES string of the molecule is CCCCCCC(C)(C)c1cc(O)c2c(c1)OC(C)(C)[C@@H]1CC=C(C(=O)CS(=O)(=O)C3CC3)C[C@@H]21. The second kappa shape index (κ2) is 9.57. The number of hydrogen-bond donors (Lipinski definition) is 1. The molecule has 2 aliphatic carbocycles. The molecule has 1 saturated carbocycles. The molecule has 0 spiro atoms. The van der Waals surface area contributed by atoms with Crippen molar-refractivity contribution in [2.45, 2.75) is 115 Å². The van der Waals surface area contributed by atoms with Crippen molar-refractivity contribution < 1.29 is 23.1 Å². The van der Waals surface area contributed by atoms with Crippen LogP contribution in [0.4, 0.5) is 0 Å². The van der Waals surface area contributed by atoms with Crippen LogP contribution in [0, 0.1) is 5.92 Å². The summed E-state index contributed by atoms with van der Waals surface area (Å²) in [6.45, 7) is 10.8. The van der Waals surface area contributed by atoms with Crippen LogP contribution >= 0.6 is 0 Å². The Balaban J connectivity index is 1.60. The van der Waals surface area contributed by atoms with Crippen molar-refractivity contribution in [2.75, 3.05) is 5.75 Å². The number of carbonyl (C=O) groups excluding carboxylic acids is 1. The smallest absolute Gasteiger partial charge is 0.173 e. The zero-order valence-electron chi connectivity index (χ0n) is 22.0. The molecule has 0 amide bonds. The number of hydrogen-bond acceptors (Lipinski definition) is 5. The monoisotopic (exact) mass is 502 g/mol. The molecule has 0 radical (unpaired) electrons. The molecular formula is C29H42O5S. The number of benzene rings is 1. The van der Waals surface area contributed by atoms with Gasteiger partial charge in [-0.1, -0.05) is 52.5 Å². The minimum Gasteiger partial charge on any atom is -0.508 e. The number of unbranched alkanes of at least 4 members (excludes halogenated alkanes) is 3. The third-order valence-electron chi connectivity index (χ3n) is 8.46. The van der Waals surface area contributed by atoms with Gasteiger partial charge in [0, 0.05) is 17.4 Å². The molecule has 1 aromatic rings. The Morgan fingerprint density at radius 2 is 1.89 bits per heavy atom. The number of allylic oxidation sites excluding steroid dienone is 2. The molecule has 1 heterocycles. The van der Waals surface area contributed by atoms with Crippen LogP contribution in [-0.2, 0) is 20.0 Å². The quantitative estimate of drug-likeness (QED) is 0.376. The second-order valence-electron chi connectivity index (χ2n) is 12.1. The van der Waals surface area contributed by atoms with E-state index in [1.807, 2.05) is 12.1 Å². The van der Waals surface area contributed by atoms with Crippen LogP contribution in [0.5, 0.6) is 11.5 Å². The fraction of sp³-hybridized carbons (Fsp3) is 0.690. The molecule has 1 aliphatic heterocycles. The molecule has 194 valence electrons. The average Bonchev–Trinajstić information content (AvgIpc) is 3.61. The lowest BCUT2D eigenvalue weighted by Crippen LogP contribution is -2.46. The summed E-state index contributed by atoms with van der Waals surface area (Å²) >= 11 is 0. The van der Waals surface area contributed by atoms with E-state index in [4.69, 9.17) is 4.74 Å². The number of aromatic hydroxyl groups is 1. The Morgan fingerprint density at radius 3 is 2.54 bits per heavy atom. The van der Waals surface area contributed by atoms with Gasteiger partial charge >= 0.3 is 0 Å². The number of phenols is 1. The van der Waals surface area contributed by atoms with Crippen LogP contribution in [-0.4, -0.2) is 35.9 Å². The predicted molar refractivity (Wildman–Crippen MR) is 140 cm³/mol. The number of rotatable bonds is 10. The molecule has 0 bridgehead atoms. The summed E-state index contributed by atoms with van der Waals surface area (Å²) in [6.07, 6.45) is 10.2. The fourth-order valence-corrected chi connectivity index (χ4v) is 7.61. The zero-order chi connectivity index (χ0) is 25.6. The largest absolute Gasteiger partial charge is 0.508 e. The van der Waals surface area contributed by atoms with Gasteiger partial charge in [-0.05, 0) is 74.6 Å². The van der Waals surface area contributed by atoms with Crippen LogP contribution in [0.3, 0.4) is 0 Å². The van der Waals surface area contributed by atoms with Gasteiger partial charge in [-0.15, -0.1) is 0 Å².